The highest BCUT2D eigenvalue weighted by molar-refractivity contribution is 6.11. The molecule has 0 fully saturated rings. The SMILES string of the molecule is CC(C)[C@H]1C(=O)N[C@H](CO)Cc2c[nH]c3c(C(=O)CCc4ccccc4)ccc(c23)N1CCCc1ccccc1. The van der Waals surface area contributed by atoms with E-state index in [4.69, 9.17) is 0 Å². The van der Waals surface area contributed by atoms with Crippen LogP contribution in [-0.4, -0.2) is 47.0 Å². The molecular weight excluding hydrogens is 498 g/mol. The van der Waals surface area contributed by atoms with Gasteiger partial charge in [-0.2, -0.15) is 0 Å². The van der Waals surface area contributed by atoms with E-state index in [1.807, 2.05) is 54.7 Å². The predicted molar refractivity (Wildman–Crippen MR) is 161 cm³/mol. The lowest BCUT2D eigenvalue weighted by Gasteiger charge is -2.36. The Morgan fingerprint density at radius 1 is 0.975 bits per heavy atom. The lowest BCUT2D eigenvalue weighted by molar-refractivity contribution is -0.124. The third-order valence-corrected chi connectivity index (χ3v) is 7.96. The van der Waals surface area contributed by atoms with Crippen molar-refractivity contribution in [2.45, 2.75) is 58.0 Å². The molecular formula is C34H39N3O3. The van der Waals surface area contributed by atoms with E-state index >= 15 is 0 Å². The third kappa shape index (κ3) is 5.97. The number of amides is 1. The smallest absolute Gasteiger partial charge is 0.243 e. The molecule has 0 saturated carbocycles. The second-order valence-corrected chi connectivity index (χ2v) is 11.2. The number of aromatic amines is 1. The molecule has 6 heteroatoms. The van der Waals surface area contributed by atoms with Crippen LogP contribution in [0.1, 0.15) is 53.7 Å². The predicted octanol–water partition coefficient (Wildman–Crippen LogP) is 5.48. The van der Waals surface area contributed by atoms with Crippen LogP contribution in [0, 0.1) is 5.92 Å². The molecule has 2 heterocycles. The van der Waals surface area contributed by atoms with Crippen molar-refractivity contribution in [1.29, 1.82) is 0 Å². The average Bonchev–Trinajstić information content (AvgIpc) is 3.40. The molecule has 1 amide bonds. The van der Waals surface area contributed by atoms with Crippen molar-refractivity contribution in [3.05, 3.63) is 101 Å². The molecule has 0 saturated heterocycles. The van der Waals surface area contributed by atoms with Gasteiger partial charge < -0.3 is 20.3 Å². The zero-order valence-corrected chi connectivity index (χ0v) is 23.4. The second kappa shape index (κ2) is 12.5. The number of aliphatic hydroxyl groups is 1. The number of rotatable bonds is 10. The van der Waals surface area contributed by atoms with Crippen molar-refractivity contribution >= 4 is 28.3 Å². The van der Waals surface area contributed by atoms with Crippen LogP contribution < -0.4 is 10.2 Å². The van der Waals surface area contributed by atoms with Crippen LogP contribution in [0.3, 0.4) is 0 Å². The first-order valence-electron chi connectivity index (χ1n) is 14.4. The highest BCUT2D eigenvalue weighted by Crippen LogP contribution is 2.36. The number of Topliss-reactive ketones (excluding diaryl/α,β-unsaturated/α-hetero) is 1. The van der Waals surface area contributed by atoms with Gasteiger partial charge in [0.25, 0.3) is 0 Å². The molecule has 1 aliphatic heterocycles. The molecule has 5 rings (SSSR count). The van der Waals surface area contributed by atoms with Gasteiger partial charge in [0.05, 0.1) is 18.2 Å². The fourth-order valence-corrected chi connectivity index (χ4v) is 5.99. The summed E-state index contributed by atoms with van der Waals surface area (Å²) in [5.74, 6) is 0.0606. The van der Waals surface area contributed by atoms with Crippen LogP contribution in [0.5, 0.6) is 0 Å². The Labute approximate surface area is 236 Å². The standard InChI is InChI=1S/C34H39N3O3/c1-23(2)33-34(40)36-27(22-38)20-26-21-35-32-28(30(39)18-15-25-12-7-4-8-13-25)16-17-29(31(26)32)37(33)19-9-14-24-10-5-3-6-11-24/h3-8,10-13,16-17,21,23,27,33,35,38H,9,14-15,18-20,22H2,1-2H3,(H,36,40)/t27-,33-/m0/s1. The molecule has 3 aromatic carbocycles. The summed E-state index contributed by atoms with van der Waals surface area (Å²) in [6.07, 6.45) is 5.31. The molecule has 1 aromatic heterocycles. The van der Waals surface area contributed by atoms with Crippen LogP contribution in [-0.2, 0) is 24.1 Å². The quantitative estimate of drug-likeness (QED) is 0.234. The zero-order valence-electron chi connectivity index (χ0n) is 23.4. The topological polar surface area (TPSA) is 85.4 Å². The van der Waals surface area contributed by atoms with Crippen molar-refractivity contribution < 1.29 is 14.7 Å². The first-order valence-corrected chi connectivity index (χ1v) is 14.4. The third-order valence-electron chi connectivity index (χ3n) is 7.96. The molecule has 0 aliphatic carbocycles. The van der Waals surface area contributed by atoms with E-state index in [-0.39, 0.29) is 24.2 Å². The van der Waals surface area contributed by atoms with Gasteiger partial charge in [-0.25, -0.2) is 0 Å². The molecule has 0 bridgehead atoms. The number of H-pyrrole nitrogens is 1. The fourth-order valence-electron chi connectivity index (χ4n) is 5.99. The van der Waals surface area contributed by atoms with Gasteiger partial charge in [-0.3, -0.25) is 9.59 Å². The van der Waals surface area contributed by atoms with Crippen LogP contribution in [0.2, 0.25) is 0 Å². The summed E-state index contributed by atoms with van der Waals surface area (Å²) < 4.78 is 0. The summed E-state index contributed by atoms with van der Waals surface area (Å²) >= 11 is 0. The van der Waals surface area contributed by atoms with Crippen LogP contribution >= 0.6 is 0 Å². The Balaban J connectivity index is 1.53. The summed E-state index contributed by atoms with van der Waals surface area (Å²) in [5.41, 5.74) is 5.86. The van der Waals surface area contributed by atoms with Gasteiger partial charge in [-0.05, 0) is 60.4 Å². The van der Waals surface area contributed by atoms with E-state index < -0.39 is 12.1 Å². The molecule has 1 aliphatic rings. The maximum absolute atomic E-state index is 13.6. The number of nitrogens with one attached hydrogen (secondary N) is 2. The number of carbonyl (C=O) groups is 2. The van der Waals surface area contributed by atoms with Gasteiger partial charge in [-0.1, -0.05) is 74.5 Å². The van der Waals surface area contributed by atoms with Gasteiger partial charge >= 0.3 is 0 Å². The number of anilines is 1. The van der Waals surface area contributed by atoms with Gasteiger partial charge in [0.15, 0.2) is 5.78 Å². The lowest BCUT2D eigenvalue weighted by atomic mass is 9.96. The first kappa shape index (κ1) is 27.7. The number of carbonyl (C=O) groups excluding carboxylic acids is 2. The first-order chi connectivity index (χ1) is 19.5. The van der Waals surface area contributed by atoms with E-state index in [0.29, 0.717) is 31.4 Å². The fraction of sp³-hybridized carbons (Fsp3) is 0.353. The number of benzene rings is 3. The van der Waals surface area contributed by atoms with Crippen LogP contribution in [0.4, 0.5) is 5.69 Å². The number of hydrogen-bond acceptors (Lipinski definition) is 4. The molecule has 6 nitrogen and oxygen atoms in total. The summed E-state index contributed by atoms with van der Waals surface area (Å²) in [6.45, 7) is 4.67. The van der Waals surface area contributed by atoms with Crippen LogP contribution in [0.25, 0.3) is 10.9 Å². The number of ketones is 1. The Morgan fingerprint density at radius 2 is 1.65 bits per heavy atom. The largest absolute Gasteiger partial charge is 0.394 e. The molecule has 0 spiro atoms. The molecule has 0 radical (unpaired) electrons. The molecule has 4 aromatic rings. The minimum Gasteiger partial charge on any atom is -0.394 e. The number of nitrogens with zero attached hydrogens (tertiary/aromatic N) is 1. The Bertz CT molecular complexity index is 1450. The normalized spacial score (nSPS) is 17.4. The van der Waals surface area contributed by atoms with Crippen molar-refractivity contribution in [3.8, 4) is 0 Å². The number of hydrogen-bond donors (Lipinski definition) is 3. The van der Waals surface area contributed by atoms with Crippen molar-refractivity contribution in [1.82, 2.24) is 10.3 Å². The Hall–Kier alpha value is -3.90. The van der Waals surface area contributed by atoms with Crippen molar-refractivity contribution in [2.75, 3.05) is 18.1 Å². The summed E-state index contributed by atoms with van der Waals surface area (Å²) in [6, 6.07) is 23.6. The lowest BCUT2D eigenvalue weighted by Crippen LogP contribution is -2.53. The van der Waals surface area contributed by atoms with E-state index in [2.05, 4.69) is 53.3 Å². The molecule has 3 N–H and O–H groups in total. The molecule has 208 valence electrons. The second-order valence-electron chi connectivity index (χ2n) is 11.2. The molecule has 0 unspecified atom stereocenters. The highest BCUT2D eigenvalue weighted by atomic mass is 16.3. The molecule has 40 heavy (non-hydrogen) atoms. The maximum Gasteiger partial charge on any atom is 0.243 e. The number of aromatic nitrogens is 1. The van der Waals surface area contributed by atoms with Crippen molar-refractivity contribution in [3.63, 3.8) is 0 Å². The Morgan fingerprint density at radius 3 is 2.30 bits per heavy atom. The maximum atomic E-state index is 13.6. The van der Waals surface area contributed by atoms with Gasteiger partial charge in [0.2, 0.25) is 5.91 Å². The van der Waals surface area contributed by atoms with Gasteiger partial charge in [-0.15, -0.1) is 0 Å². The van der Waals surface area contributed by atoms with E-state index in [1.54, 1.807) is 0 Å². The number of aryl methyl sites for hydroxylation is 2. The minimum atomic E-state index is -0.409. The van der Waals surface area contributed by atoms with Crippen molar-refractivity contribution in [2.24, 2.45) is 5.92 Å². The van der Waals surface area contributed by atoms with Gasteiger partial charge in [0, 0.05) is 35.8 Å². The summed E-state index contributed by atoms with van der Waals surface area (Å²) in [7, 11) is 0. The van der Waals surface area contributed by atoms with Gasteiger partial charge in [0.1, 0.15) is 6.04 Å². The zero-order chi connectivity index (χ0) is 28.1. The minimum absolute atomic E-state index is 0.0405. The molecule has 2 atom stereocenters. The Kier molecular flexibility index (Phi) is 8.66. The van der Waals surface area contributed by atoms with Crippen LogP contribution in [0.15, 0.2) is 79.0 Å². The number of aliphatic hydroxyl groups excluding tert-OH is 1. The highest BCUT2D eigenvalue weighted by Gasteiger charge is 2.34. The summed E-state index contributed by atoms with van der Waals surface area (Å²) in [4.78, 5) is 32.8. The summed E-state index contributed by atoms with van der Waals surface area (Å²) in [5, 5.41) is 14.2. The van der Waals surface area contributed by atoms with E-state index in [0.717, 1.165) is 40.6 Å². The average molecular weight is 538 g/mol. The monoisotopic (exact) mass is 537 g/mol. The van der Waals surface area contributed by atoms with E-state index in [1.165, 1.54) is 5.56 Å². The van der Waals surface area contributed by atoms with E-state index in [9.17, 15) is 14.7 Å².